The summed E-state index contributed by atoms with van der Waals surface area (Å²) in [6.07, 6.45) is 1.25. The van der Waals surface area contributed by atoms with Crippen LogP contribution in [0.25, 0.3) is 11.0 Å². The molecule has 0 atom stereocenters. The highest BCUT2D eigenvalue weighted by atomic mass is 16.7. The third-order valence-corrected chi connectivity index (χ3v) is 4.59. The molecule has 0 aliphatic carbocycles. The molecular weight excluding hydrogens is 346 g/mol. The zero-order valence-electron chi connectivity index (χ0n) is 14.9. The Balaban J connectivity index is 1.56. The molecule has 0 saturated carbocycles. The number of hydrogen-bond acceptors (Lipinski definition) is 5. The Bertz CT molecular complexity index is 1060. The number of carbonyl (C=O) groups is 1. The second-order valence-corrected chi connectivity index (χ2v) is 6.27. The highest BCUT2D eigenvalue weighted by Gasteiger charge is 2.18. The van der Waals surface area contributed by atoms with E-state index in [1.807, 2.05) is 43.3 Å². The van der Waals surface area contributed by atoms with Crippen molar-refractivity contribution in [3.63, 3.8) is 0 Å². The van der Waals surface area contributed by atoms with Gasteiger partial charge in [0.15, 0.2) is 11.5 Å². The number of hydrogen-bond donors (Lipinski definition) is 0. The van der Waals surface area contributed by atoms with Crippen molar-refractivity contribution >= 4 is 16.9 Å². The standard InChI is InChI=1S/C20H19N3O4/c1-2-22(11-14-7-8-17-18(9-14)27-13-26-17)20(25)12-23-16-6-4-3-5-15(16)21-10-19(23)24/h3-10H,2,11-13H2,1H3. The lowest BCUT2D eigenvalue weighted by Gasteiger charge is -2.22. The Morgan fingerprint density at radius 2 is 2.00 bits per heavy atom. The van der Waals surface area contributed by atoms with Gasteiger partial charge in [0.1, 0.15) is 6.54 Å². The van der Waals surface area contributed by atoms with Gasteiger partial charge in [-0.3, -0.25) is 14.2 Å². The van der Waals surface area contributed by atoms with Gasteiger partial charge in [0.25, 0.3) is 5.56 Å². The maximum absolute atomic E-state index is 12.9. The summed E-state index contributed by atoms with van der Waals surface area (Å²) >= 11 is 0. The number of rotatable bonds is 5. The van der Waals surface area contributed by atoms with Gasteiger partial charge in [-0.25, -0.2) is 4.98 Å². The molecular formula is C20H19N3O4. The third kappa shape index (κ3) is 3.36. The highest BCUT2D eigenvalue weighted by molar-refractivity contribution is 5.80. The molecule has 2 heterocycles. The Labute approximate surface area is 155 Å². The number of benzene rings is 2. The van der Waals surface area contributed by atoms with Crippen molar-refractivity contribution in [1.82, 2.24) is 14.5 Å². The molecule has 7 heteroatoms. The van der Waals surface area contributed by atoms with Gasteiger partial charge in [-0.1, -0.05) is 18.2 Å². The maximum Gasteiger partial charge on any atom is 0.269 e. The second kappa shape index (κ2) is 7.11. The van der Waals surface area contributed by atoms with E-state index in [-0.39, 0.29) is 24.8 Å². The van der Waals surface area contributed by atoms with E-state index in [0.717, 1.165) is 5.56 Å². The zero-order chi connectivity index (χ0) is 18.8. The number of para-hydroxylation sites is 2. The monoisotopic (exact) mass is 365 g/mol. The fourth-order valence-corrected chi connectivity index (χ4v) is 3.15. The van der Waals surface area contributed by atoms with Crippen molar-refractivity contribution in [1.29, 1.82) is 0 Å². The second-order valence-electron chi connectivity index (χ2n) is 6.27. The highest BCUT2D eigenvalue weighted by Crippen LogP contribution is 2.32. The average molecular weight is 365 g/mol. The average Bonchev–Trinajstić information content (AvgIpc) is 3.16. The molecule has 0 N–H and O–H groups in total. The van der Waals surface area contributed by atoms with Gasteiger partial charge in [0.2, 0.25) is 12.7 Å². The summed E-state index contributed by atoms with van der Waals surface area (Å²) in [5.74, 6) is 1.27. The van der Waals surface area contributed by atoms with Crippen LogP contribution in [0.4, 0.5) is 0 Å². The minimum absolute atomic E-state index is 0.0275. The normalized spacial score (nSPS) is 12.3. The molecule has 4 rings (SSSR count). The lowest BCUT2D eigenvalue weighted by molar-refractivity contribution is -0.132. The van der Waals surface area contributed by atoms with E-state index >= 15 is 0 Å². The Kier molecular flexibility index (Phi) is 4.50. The Hall–Kier alpha value is -3.35. The van der Waals surface area contributed by atoms with Crippen LogP contribution in [0.15, 0.2) is 53.5 Å². The number of nitrogens with zero attached hydrogens (tertiary/aromatic N) is 3. The fourth-order valence-electron chi connectivity index (χ4n) is 3.15. The number of likely N-dealkylation sites (N-methyl/N-ethyl adjacent to an activating group) is 1. The van der Waals surface area contributed by atoms with Crippen molar-refractivity contribution in [2.45, 2.75) is 20.0 Å². The Morgan fingerprint density at radius 3 is 2.85 bits per heavy atom. The van der Waals surface area contributed by atoms with Gasteiger partial charge in [-0.05, 0) is 36.8 Å². The van der Waals surface area contributed by atoms with Gasteiger partial charge >= 0.3 is 0 Å². The van der Waals surface area contributed by atoms with Gasteiger partial charge in [-0.2, -0.15) is 0 Å². The predicted octanol–water partition coefficient (Wildman–Crippen LogP) is 2.17. The lowest BCUT2D eigenvalue weighted by atomic mass is 10.2. The quantitative estimate of drug-likeness (QED) is 0.693. The molecule has 3 aromatic rings. The molecule has 0 bridgehead atoms. The van der Waals surface area contributed by atoms with E-state index in [1.165, 1.54) is 10.8 Å². The smallest absolute Gasteiger partial charge is 0.269 e. The molecule has 7 nitrogen and oxygen atoms in total. The summed E-state index contributed by atoms with van der Waals surface area (Å²) in [5, 5.41) is 0. The minimum Gasteiger partial charge on any atom is -0.454 e. The zero-order valence-corrected chi connectivity index (χ0v) is 14.9. The molecule has 138 valence electrons. The van der Waals surface area contributed by atoms with Crippen LogP contribution in [0, 0.1) is 0 Å². The first kappa shape index (κ1) is 17.1. The van der Waals surface area contributed by atoms with Crippen LogP contribution >= 0.6 is 0 Å². The van der Waals surface area contributed by atoms with Crippen molar-refractivity contribution in [2.24, 2.45) is 0 Å². The van der Waals surface area contributed by atoms with Crippen molar-refractivity contribution in [2.75, 3.05) is 13.3 Å². The summed E-state index contributed by atoms with van der Waals surface area (Å²) in [6, 6.07) is 12.9. The van der Waals surface area contributed by atoms with Crippen LogP contribution < -0.4 is 15.0 Å². The molecule has 2 aromatic carbocycles. The first-order chi connectivity index (χ1) is 13.2. The first-order valence-corrected chi connectivity index (χ1v) is 8.76. The molecule has 1 amide bonds. The van der Waals surface area contributed by atoms with Crippen LogP contribution in [-0.4, -0.2) is 33.7 Å². The van der Waals surface area contributed by atoms with Gasteiger partial charge in [-0.15, -0.1) is 0 Å². The van der Waals surface area contributed by atoms with Crippen LogP contribution in [0.1, 0.15) is 12.5 Å². The topological polar surface area (TPSA) is 73.7 Å². The van der Waals surface area contributed by atoms with Gasteiger partial charge < -0.3 is 14.4 Å². The van der Waals surface area contributed by atoms with Crippen molar-refractivity contribution < 1.29 is 14.3 Å². The number of amides is 1. The van der Waals surface area contributed by atoms with Crippen molar-refractivity contribution in [3.8, 4) is 11.5 Å². The largest absolute Gasteiger partial charge is 0.454 e. The van der Waals surface area contributed by atoms with E-state index in [4.69, 9.17) is 9.47 Å². The summed E-state index contributed by atoms with van der Waals surface area (Å²) < 4.78 is 12.2. The van der Waals surface area contributed by atoms with Crippen LogP contribution in [0.3, 0.4) is 0 Å². The molecule has 27 heavy (non-hydrogen) atoms. The van der Waals surface area contributed by atoms with E-state index in [9.17, 15) is 9.59 Å². The molecule has 0 radical (unpaired) electrons. The Morgan fingerprint density at radius 1 is 1.19 bits per heavy atom. The SMILES string of the molecule is CCN(Cc1ccc2c(c1)OCO2)C(=O)Cn1c(=O)cnc2ccccc21. The lowest BCUT2D eigenvalue weighted by Crippen LogP contribution is -2.36. The van der Waals surface area contributed by atoms with Crippen LogP contribution in [0.2, 0.25) is 0 Å². The van der Waals surface area contributed by atoms with E-state index in [2.05, 4.69) is 4.98 Å². The molecule has 1 aliphatic rings. The van der Waals surface area contributed by atoms with Gasteiger partial charge in [0.05, 0.1) is 17.2 Å². The molecule has 0 saturated heterocycles. The molecule has 0 spiro atoms. The third-order valence-electron chi connectivity index (χ3n) is 4.59. The first-order valence-electron chi connectivity index (χ1n) is 8.76. The van der Waals surface area contributed by atoms with E-state index in [0.29, 0.717) is 35.6 Å². The molecule has 1 aliphatic heterocycles. The summed E-state index contributed by atoms with van der Waals surface area (Å²) in [4.78, 5) is 31.0. The number of ether oxygens (including phenoxy) is 2. The van der Waals surface area contributed by atoms with Gasteiger partial charge in [0, 0.05) is 13.1 Å². The van der Waals surface area contributed by atoms with E-state index < -0.39 is 0 Å². The van der Waals surface area contributed by atoms with E-state index in [1.54, 1.807) is 11.0 Å². The fraction of sp³-hybridized carbons (Fsp3) is 0.250. The summed E-state index contributed by atoms with van der Waals surface area (Å²) in [6.45, 7) is 3.07. The molecule has 1 aromatic heterocycles. The minimum atomic E-state index is -0.291. The number of carbonyl (C=O) groups excluding carboxylic acids is 1. The number of fused-ring (bicyclic) bond motifs is 2. The number of aromatic nitrogens is 2. The summed E-state index contributed by atoms with van der Waals surface area (Å²) in [7, 11) is 0. The molecule has 0 unspecified atom stereocenters. The maximum atomic E-state index is 12.9. The van der Waals surface area contributed by atoms with Crippen LogP contribution in [0.5, 0.6) is 11.5 Å². The predicted molar refractivity (Wildman–Crippen MR) is 99.7 cm³/mol. The summed E-state index contributed by atoms with van der Waals surface area (Å²) in [5.41, 5.74) is 1.99. The van der Waals surface area contributed by atoms with Crippen molar-refractivity contribution in [3.05, 3.63) is 64.6 Å². The molecule has 0 fully saturated rings. The van der Waals surface area contributed by atoms with Crippen LogP contribution in [-0.2, 0) is 17.9 Å².